The van der Waals surface area contributed by atoms with Crippen molar-refractivity contribution in [1.82, 2.24) is 14.5 Å². The van der Waals surface area contributed by atoms with E-state index in [0.29, 0.717) is 24.1 Å². The maximum absolute atomic E-state index is 12.2. The predicted octanol–water partition coefficient (Wildman–Crippen LogP) is 2.33. The average molecular weight is 334 g/mol. The molecule has 2 aromatic rings. The first kappa shape index (κ1) is 13.1. The molecule has 1 aliphatic rings. The molecule has 2 amide bonds. The van der Waals surface area contributed by atoms with Crippen molar-refractivity contribution in [2.45, 2.75) is 13.0 Å². The van der Waals surface area contributed by atoms with Crippen LogP contribution in [0.1, 0.15) is 27.1 Å². The van der Waals surface area contributed by atoms with Crippen LogP contribution in [0.5, 0.6) is 0 Å². The summed E-state index contributed by atoms with van der Waals surface area (Å²) in [5.74, 6) is -0.417. The third-order valence-electron chi connectivity index (χ3n) is 3.29. The Morgan fingerprint density at radius 3 is 2.65 bits per heavy atom. The number of benzene rings is 1. The van der Waals surface area contributed by atoms with Gasteiger partial charge in [-0.1, -0.05) is 15.9 Å². The van der Waals surface area contributed by atoms with Gasteiger partial charge in [0, 0.05) is 30.0 Å². The quantitative estimate of drug-likeness (QED) is 0.807. The van der Waals surface area contributed by atoms with Crippen LogP contribution >= 0.6 is 15.9 Å². The molecule has 3 rings (SSSR count). The van der Waals surface area contributed by atoms with Crippen molar-refractivity contribution >= 4 is 27.7 Å². The highest BCUT2D eigenvalue weighted by atomic mass is 79.9. The van der Waals surface area contributed by atoms with Gasteiger partial charge in [-0.3, -0.25) is 14.5 Å². The van der Waals surface area contributed by atoms with Crippen LogP contribution in [-0.2, 0) is 6.54 Å². The molecule has 5 nitrogen and oxygen atoms in total. The van der Waals surface area contributed by atoms with Gasteiger partial charge in [-0.25, -0.2) is 4.98 Å². The number of hydrogen-bond acceptors (Lipinski definition) is 3. The molecule has 0 aliphatic carbocycles. The number of imidazole rings is 1. The van der Waals surface area contributed by atoms with Crippen LogP contribution in [0.3, 0.4) is 0 Å². The molecule has 6 heteroatoms. The number of rotatable bonds is 4. The number of aromatic nitrogens is 2. The average Bonchev–Trinajstić information content (AvgIpc) is 3.02. The number of carbonyl (C=O) groups excluding carboxylic acids is 2. The van der Waals surface area contributed by atoms with Gasteiger partial charge in [-0.2, -0.15) is 0 Å². The van der Waals surface area contributed by atoms with E-state index >= 15 is 0 Å². The Hall–Kier alpha value is -1.95. The normalized spacial score (nSPS) is 13.9. The molecule has 0 saturated carbocycles. The molecule has 2 heterocycles. The Labute approximate surface area is 124 Å². The summed E-state index contributed by atoms with van der Waals surface area (Å²) in [6.45, 7) is 1.15. The van der Waals surface area contributed by atoms with E-state index in [9.17, 15) is 9.59 Å². The zero-order valence-corrected chi connectivity index (χ0v) is 12.2. The highest BCUT2D eigenvalue weighted by Gasteiger charge is 2.34. The van der Waals surface area contributed by atoms with Gasteiger partial charge in [0.05, 0.1) is 17.5 Å². The fourth-order valence-corrected chi connectivity index (χ4v) is 2.66. The molecule has 0 bridgehead atoms. The fraction of sp³-hybridized carbons (Fsp3) is 0.214. The molecule has 1 aromatic carbocycles. The molecule has 1 aromatic heterocycles. The van der Waals surface area contributed by atoms with Crippen molar-refractivity contribution in [2.75, 3.05) is 6.54 Å². The van der Waals surface area contributed by atoms with Crippen LogP contribution in [0.25, 0.3) is 0 Å². The molecular weight excluding hydrogens is 322 g/mol. The molecule has 0 radical (unpaired) electrons. The topological polar surface area (TPSA) is 55.2 Å². The predicted molar refractivity (Wildman–Crippen MR) is 76.4 cm³/mol. The van der Waals surface area contributed by atoms with E-state index in [1.54, 1.807) is 30.7 Å². The van der Waals surface area contributed by atoms with E-state index in [0.717, 1.165) is 11.0 Å². The van der Waals surface area contributed by atoms with E-state index in [2.05, 4.69) is 20.9 Å². The Bertz CT molecular complexity index is 667. The first-order chi connectivity index (χ1) is 9.66. The lowest BCUT2D eigenvalue weighted by molar-refractivity contribution is 0.0651. The SMILES string of the molecule is O=C1c2ccc(Br)cc2C(=O)N1CCCn1ccnc1. The second-order valence-electron chi connectivity index (χ2n) is 4.61. The summed E-state index contributed by atoms with van der Waals surface area (Å²) in [6.07, 6.45) is 6.00. The van der Waals surface area contributed by atoms with Crippen molar-refractivity contribution in [3.8, 4) is 0 Å². The first-order valence-electron chi connectivity index (χ1n) is 6.28. The van der Waals surface area contributed by atoms with Crippen LogP contribution in [-0.4, -0.2) is 32.8 Å². The van der Waals surface area contributed by atoms with Crippen molar-refractivity contribution < 1.29 is 9.59 Å². The van der Waals surface area contributed by atoms with Gasteiger partial charge >= 0.3 is 0 Å². The van der Waals surface area contributed by atoms with E-state index in [4.69, 9.17) is 0 Å². The third kappa shape index (κ3) is 2.27. The number of aryl methyl sites for hydroxylation is 1. The largest absolute Gasteiger partial charge is 0.337 e. The number of fused-ring (bicyclic) bond motifs is 1. The lowest BCUT2D eigenvalue weighted by Crippen LogP contribution is -2.31. The summed E-state index contributed by atoms with van der Waals surface area (Å²) >= 11 is 3.32. The van der Waals surface area contributed by atoms with Crippen LogP contribution < -0.4 is 0 Å². The molecule has 0 fully saturated rings. The maximum Gasteiger partial charge on any atom is 0.261 e. The van der Waals surface area contributed by atoms with Crippen LogP contribution in [0, 0.1) is 0 Å². The molecular formula is C14H12BrN3O2. The minimum Gasteiger partial charge on any atom is -0.337 e. The van der Waals surface area contributed by atoms with Gasteiger partial charge in [-0.05, 0) is 24.6 Å². The number of hydrogen-bond donors (Lipinski definition) is 0. The van der Waals surface area contributed by atoms with Gasteiger partial charge in [-0.15, -0.1) is 0 Å². The standard InChI is InChI=1S/C14H12BrN3O2/c15-10-2-3-11-12(8-10)14(20)18(13(11)19)6-1-5-17-7-4-16-9-17/h2-4,7-9H,1,5-6H2. The summed E-state index contributed by atoms with van der Waals surface area (Å²) < 4.78 is 2.73. The minimum atomic E-state index is -0.211. The Kier molecular flexibility index (Phi) is 3.40. The van der Waals surface area contributed by atoms with E-state index < -0.39 is 0 Å². The summed E-state index contributed by atoms with van der Waals surface area (Å²) in [5.41, 5.74) is 0.966. The molecule has 20 heavy (non-hydrogen) atoms. The van der Waals surface area contributed by atoms with Crippen molar-refractivity contribution in [3.63, 3.8) is 0 Å². The summed E-state index contributed by atoms with van der Waals surface area (Å²) in [7, 11) is 0. The summed E-state index contributed by atoms with van der Waals surface area (Å²) in [6, 6.07) is 5.17. The zero-order valence-electron chi connectivity index (χ0n) is 10.6. The van der Waals surface area contributed by atoms with Gasteiger partial charge < -0.3 is 4.57 Å². The Morgan fingerprint density at radius 2 is 1.90 bits per heavy atom. The molecule has 0 unspecified atom stereocenters. The number of imide groups is 1. The second-order valence-corrected chi connectivity index (χ2v) is 5.52. The van der Waals surface area contributed by atoms with E-state index in [-0.39, 0.29) is 11.8 Å². The highest BCUT2D eigenvalue weighted by Crippen LogP contribution is 2.26. The first-order valence-corrected chi connectivity index (χ1v) is 7.07. The maximum atomic E-state index is 12.2. The van der Waals surface area contributed by atoms with E-state index in [1.807, 2.05) is 10.8 Å². The van der Waals surface area contributed by atoms with Crippen molar-refractivity contribution in [2.24, 2.45) is 0 Å². The molecule has 0 N–H and O–H groups in total. The van der Waals surface area contributed by atoms with Crippen LogP contribution in [0.2, 0.25) is 0 Å². The monoisotopic (exact) mass is 333 g/mol. The summed E-state index contributed by atoms with van der Waals surface area (Å²) in [5, 5.41) is 0. The van der Waals surface area contributed by atoms with Crippen LogP contribution in [0.4, 0.5) is 0 Å². The molecule has 102 valence electrons. The zero-order chi connectivity index (χ0) is 14.1. The van der Waals surface area contributed by atoms with Crippen molar-refractivity contribution in [1.29, 1.82) is 0 Å². The van der Waals surface area contributed by atoms with Crippen LogP contribution in [0.15, 0.2) is 41.4 Å². The summed E-state index contributed by atoms with van der Waals surface area (Å²) in [4.78, 5) is 29.7. The molecule has 1 aliphatic heterocycles. The van der Waals surface area contributed by atoms with Gasteiger partial charge in [0.25, 0.3) is 11.8 Å². The number of carbonyl (C=O) groups is 2. The number of halogens is 1. The van der Waals surface area contributed by atoms with Gasteiger partial charge in [0.2, 0.25) is 0 Å². The minimum absolute atomic E-state index is 0.205. The molecule has 0 spiro atoms. The third-order valence-corrected chi connectivity index (χ3v) is 3.78. The lowest BCUT2D eigenvalue weighted by Gasteiger charge is -2.13. The van der Waals surface area contributed by atoms with Gasteiger partial charge in [0.15, 0.2) is 0 Å². The van der Waals surface area contributed by atoms with Gasteiger partial charge in [0.1, 0.15) is 0 Å². The van der Waals surface area contributed by atoms with E-state index in [1.165, 1.54) is 4.90 Å². The number of nitrogens with zero attached hydrogens (tertiary/aromatic N) is 3. The second kappa shape index (κ2) is 5.20. The van der Waals surface area contributed by atoms with Crippen molar-refractivity contribution in [3.05, 3.63) is 52.5 Å². The highest BCUT2D eigenvalue weighted by molar-refractivity contribution is 9.10. The number of amides is 2. The Morgan fingerprint density at radius 1 is 1.10 bits per heavy atom. The molecule has 0 atom stereocenters. The fourth-order valence-electron chi connectivity index (χ4n) is 2.30. The Balaban J connectivity index is 1.70. The molecule has 0 saturated heterocycles. The lowest BCUT2D eigenvalue weighted by atomic mass is 10.1. The smallest absolute Gasteiger partial charge is 0.261 e.